The number of benzene rings is 3. The summed E-state index contributed by atoms with van der Waals surface area (Å²) in [5.41, 5.74) is 2.69. The van der Waals surface area contributed by atoms with Crippen LogP contribution in [0.4, 0.5) is 0 Å². The van der Waals surface area contributed by atoms with E-state index in [0.717, 1.165) is 12.0 Å². The first kappa shape index (κ1) is 20.8. The van der Waals surface area contributed by atoms with Gasteiger partial charge in [-0.25, -0.2) is 0 Å². The van der Waals surface area contributed by atoms with Crippen LogP contribution >= 0.6 is 11.6 Å². The molecule has 0 aliphatic carbocycles. The Labute approximate surface area is 186 Å². The highest BCUT2D eigenvalue weighted by Gasteiger charge is 2.17. The Morgan fingerprint density at radius 3 is 2.19 bits per heavy atom. The minimum Gasteiger partial charge on any atom is -0.339 e. The van der Waals surface area contributed by atoms with Crippen molar-refractivity contribution in [1.82, 2.24) is 15.0 Å². The molecule has 1 amide bonds. The zero-order valence-corrected chi connectivity index (χ0v) is 17.7. The number of amides is 1. The zero-order valence-electron chi connectivity index (χ0n) is 16.9. The molecule has 1 aromatic heterocycles. The van der Waals surface area contributed by atoms with Gasteiger partial charge in [0, 0.05) is 35.7 Å². The molecule has 0 saturated heterocycles. The number of hydrogen-bond acceptors (Lipinski definition) is 4. The van der Waals surface area contributed by atoms with Gasteiger partial charge in [-0.15, -0.1) is 0 Å². The quantitative estimate of drug-likeness (QED) is 0.379. The van der Waals surface area contributed by atoms with E-state index < -0.39 is 0 Å². The Morgan fingerprint density at radius 1 is 0.839 bits per heavy atom. The molecule has 0 fully saturated rings. The van der Waals surface area contributed by atoms with Crippen molar-refractivity contribution in [3.8, 4) is 11.4 Å². The van der Waals surface area contributed by atoms with Crippen LogP contribution in [0.1, 0.15) is 21.8 Å². The normalized spacial score (nSPS) is 10.7. The van der Waals surface area contributed by atoms with Crippen LogP contribution in [0.15, 0.2) is 89.5 Å². The van der Waals surface area contributed by atoms with Crippen LogP contribution in [0, 0.1) is 0 Å². The zero-order chi connectivity index (χ0) is 21.5. The number of aromatic nitrogens is 2. The van der Waals surface area contributed by atoms with E-state index in [2.05, 4.69) is 22.3 Å². The predicted molar refractivity (Wildman–Crippen MR) is 121 cm³/mol. The second-order valence-corrected chi connectivity index (χ2v) is 7.60. The molecule has 0 aliphatic heterocycles. The number of hydrogen-bond donors (Lipinski definition) is 0. The Kier molecular flexibility index (Phi) is 6.75. The lowest BCUT2D eigenvalue weighted by Gasteiger charge is -2.22. The van der Waals surface area contributed by atoms with E-state index in [0.29, 0.717) is 41.8 Å². The summed E-state index contributed by atoms with van der Waals surface area (Å²) in [6, 6.07) is 26.8. The molecule has 0 radical (unpaired) electrons. The van der Waals surface area contributed by atoms with Gasteiger partial charge in [0.25, 0.3) is 5.91 Å². The molecule has 4 rings (SSSR count). The molecule has 6 heteroatoms. The molecule has 0 aliphatic rings. The Bertz CT molecular complexity index is 1110. The van der Waals surface area contributed by atoms with Gasteiger partial charge in [-0.2, -0.15) is 4.98 Å². The average Bonchev–Trinajstić information content (AvgIpc) is 3.29. The minimum atomic E-state index is -0.00558. The van der Waals surface area contributed by atoms with E-state index in [9.17, 15) is 4.79 Å². The maximum atomic E-state index is 13.1. The van der Waals surface area contributed by atoms with Crippen molar-refractivity contribution >= 4 is 17.5 Å². The lowest BCUT2D eigenvalue weighted by molar-refractivity contribution is 0.0756. The standard InChI is InChI=1S/C25H22ClN3O2/c26-22-13-11-20(12-14-22)24-27-23(31-28-24)16-18-29(17-15-19-7-3-1-4-8-19)25(30)21-9-5-2-6-10-21/h1-14H,15-18H2. The van der Waals surface area contributed by atoms with Crippen molar-refractivity contribution < 1.29 is 9.32 Å². The van der Waals surface area contributed by atoms with E-state index in [1.54, 1.807) is 12.1 Å². The summed E-state index contributed by atoms with van der Waals surface area (Å²) < 4.78 is 5.42. The molecule has 156 valence electrons. The lowest BCUT2D eigenvalue weighted by atomic mass is 10.1. The van der Waals surface area contributed by atoms with Gasteiger partial charge in [0.1, 0.15) is 0 Å². The molecule has 0 bridgehead atoms. The van der Waals surface area contributed by atoms with Gasteiger partial charge in [-0.1, -0.05) is 65.3 Å². The Balaban J connectivity index is 1.45. The summed E-state index contributed by atoms with van der Waals surface area (Å²) in [6.07, 6.45) is 1.26. The molecule has 0 spiro atoms. The third kappa shape index (κ3) is 5.58. The highest BCUT2D eigenvalue weighted by Crippen LogP contribution is 2.19. The number of rotatable bonds is 8. The largest absolute Gasteiger partial charge is 0.339 e. The fraction of sp³-hybridized carbons (Fsp3) is 0.160. The SMILES string of the molecule is O=C(c1ccccc1)N(CCc1ccccc1)CCc1nc(-c2ccc(Cl)cc2)no1. The molecule has 31 heavy (non-hydrogen) atoms. The maximum Gasteiger partial charge on any atom is 0.253 e. The molecule has 1 heterocycles. The Hall–Kier alpha value is -3.44. The van der Waals surface area contributed by atoms with Crippen molar-refractivity contribution in [2.45, 2.75) is 12.8 Å². The van der Waals surface area contributed by atoms with E-state index in [1.807, 2.05) is 65.6 Å². The monoisotopic (exact) mass is 431 g/mol. The Morgan fingerprint density at radius 2 is 1.48 bits per heavy atom. The molecule has 0 N–H and O–H groups in total. The van der Waals surface area contributed by atoms with Crippen molar-refractivity contribution in [3.05, 3.63) is 107 Å². The maximum absolute atomic E-state index is 13.1. The summed E-state index contributed by atoms with van der Waals surface area (Å²) in [6.45, 7) is 1.10. The minimum absolute atomic E-state index is 0.00558. The average molecular weight is 432 g/mol. The van der Waals surface area contributed by atoms with Crippen molar-refractivity contribution in [1.29, 1.82) is 0 Å². The molecule has 4 aromatic rings. The number of carbonyl (C=O) groups excluding carboxylic acids is 1. The second-order valence-electron chi connectivity index (χ2n) is 7.16. The first-order chi connectivity index (χ1) is 15.2. The summed E-state index contributed by atoms with van der Waals surface area (Å²) in [5.74, 6) is 1.00. The van der Waals surface area contributed by atoms with Crippen LogP contribution < -0.4 is 0 Å². The van der Waals surface area contributed by atoms with Crippen LogP contribution in [-0.2, 0) is 12.8 Å². The molecular weight excluding hydrogens is 410 g/mol. The smallest absolute Gasteiger partial charge is 0.253 e. The highest BCUT2D eigenvalue weighted by molar-refractivity contribution is 6.30. The van der Waals surface area contributed by atoms with Gasteiger partial charge in [-0.05, 0) is 48.4 Å². The van der Waals surface area contributed by atoms with Gasteiger partial charge in [0.15, 0.2) is 0 Å². The summed E-state index contributed by atoms with van der Waals surface area (Å²) in [5, 5.41) is 4.71. The predicted octanol–water partition coefficient (Wildman–Crippen LogP) is 5.32. The topological polar surface area (TPSA) is 59.2 Å². The third-order valence-electron chi connectivity index (χ3n) is 4.99. The molecule has 5 nitrogen and oxygen atoms in total. The van der Waals surface area contributed by atoms with E-state index in [4.69, 9.17) is 16.1 Å². The van der Waals surface area contributed by atoms with Gasteiger partial charge in [0.2, 0.25) is 11.7 Å². The van der Waals surface area contributed by atoms with Crippen LogP contribution in [0.2, 0.25) is 5.02 Å². The fourth-order valence-electron chi connectivity index (χ4n) is 3.29. The van der Waals surface area contributed by atoms with E-state index >= 15 is 0 Å². The van der Waals surface area contributed by atoms with Gasteiger partial charge < -0.3 is 9.42 Å². The molecule has 0 atom stereocenters. The first-order valence-corrected chi connectivity index (χ1v) is 10.5. The van der Waals surface area contributed by atoms with Gasteiger partial charge in [-0.3, -0.25) is 4.79 Å². The first-order valence-electron chi connectivity index (χ1n) is 10.2. The summed E-state index contributed by atoms with van der Waals surface area (Å²) >= 11 is 5.94. The van der Waals surface area contributed by atoms with E-state index in [1.165, 1.54) is 5.56 Å². The summed E-state index contributed by atoms with van der Waals surface area (Å²) in [7, 11) is 0. The fourth-order valence-corrected chi connectivity index (χ4v) is 3.42. The van der Waals surface area contributed by atoms with E-state index in [-0.39, 0.29) is 5.91 Å². The van der Waals surface area contributed by atoms with Crippen LogP contribution in [0.3, 0.4) is 0 Å². The lowest BCUT2D eigenvalue weighted by Crippen LogP contribution is -2.34. The van der Waals surface area contributed by atoms with Crippen LogP contribution in [0.5, 0.6) is 0 Å². The highest BCUT2D eigenvalue weighted by atomic mass is 35.5. The molecular formula is C25H22ClN3O2. The summed E-state index contributed by atoms with van der Waals surface area (Å²) in [4.78, 5) is 19.4. The van der Waals surface area contributed by atoms with Gasteiger partial charge in [0.05, 0.1) is 0 Å². The number of halogens is 1. The van der Waals surface area contributed by atoms with Crippen LogP contribution in [-0.4, -0.2) is 34.0 Å². The van der Waals surface area contributed by atoms with Crippen LogP contribution in [0.25, 0.3) is 11.4 Å². The molecule has 0 unspecified atom stereocenters. The van der Waals surface area contributed by atoms with Crippen molar-refractivity contribution in [2.24, 2.45) is 0 Å². The molecule has 0 saturated carbocycles. The van der Waals surface area contributed by atoms with Crippen molar-refractivity contribution in [2.75, 3.05) is 13.1 Å². The number of nitrogens with zero attached hydrogens (tertiary/aromatic N) is 3. The van der Waals surface area contributed by atoms with Gasteiger partial charge >= 0.3 is 0 Å². The third-order valence-corrected chi connectivity index (χ3v) is 5.24. The van der Waals surface area contributed by atoms with Crippen molar-refractivity contribution in [3.63, 3.8) is 0 Å². The molecule has 3 aromatic carbocycles. The number of carbonyl (C=O) groups is 1. The second kappa shape index (κ2) is 10.0.